The van der Waals surface area contributed by atoms with Crippen LogP contribution in [0.4, 0.5) is 0 Å². The molecule has 1 heterocycles. The number of aryl methyl sites for hydroxylation is 1. The van der Waals surface area contributed by atoms with Gasteiger partial charge in [-0.25, -0.2) is 8.42 Å². The van der Waals surface area contributed by atoms with Crippen molar-refractivity contribution in [3.63, 3.8) is 0 Å². The lowest BCUT2D eigenvalue weighted by Crippen LogP contribution is -2.27. The van der Waals surface area contributed by atoms with Crippen LogP contribution in [0.3, 0.4) is 0 Å². The van der Waals surface area contributed by atoms with E-state index in [4.69, 9.17) is 4.74 Å². The molecule has 0 aromatic heterocycles. The van der Waals surface area contributed by atoms with E-state index in [0.29, 0.717) is 18.5 Å². The Kier molecular flexibility index (Phi) is 5.99. The first-order valence-electron chi connectivity index (χ1n) is 8.97. The highest BCUT2D eigenvalue weighted by atomic mass is 32.2. The molecule has 3 rings (SSSR count). The molecule has 2 N–H and O–H groups in total. The molecule has 0 unspecified atom stereocenters. The van der Waals surface area contributed by atoms with Gasteiger partial charge in [0.25, 0.3) is 10.0 Å². The summed E-state index contributed by atoms with van der Waals surface area (Å²) in [6.45, 7) is 2.70. The summed E-state index contributed by atoms with van der Waals surface area (Å²) < 4.78 is 31.8. The molecule has 0 saturated heterocycles. The van der Waals surface area contributed by atoms with Crippen LogP contribution in [0.2, 0.25) is 0 Å². The molecule has 0 saturated carbocycles. The maximum atomic E-state index is 12.1. The summed E-state index contributed by atoms with van der Waals surface area (Å²) in [7, 11) is -1.93. The van der Waals surface area contributed by atoms with E-state index >= 15 is 0 Å². The van der Waals surface area contributed by atoms with Crippen molar-refractivity contribution in [3.8, 4) is 5.75 Å². The summed E-state index contributed by atoms with van der Waals surface area (Å²) in [5.74, 6) is 0.955. The fraction of sp³-hybridized carbons (Fsp3) is 0.300. The molecule has 0 aliphatic carbocycles. The Morgan fingerprint density at radius 3 is 2.79 bits per heavy atom. The predicted molar refractivity (Wildman–Crippen MR) is 107 cm³/mol. The number of benzene rings is 2. The Morgan fingerprint density at radius 2 is 2.00 bits per heavy atom. The molecule has 7 nitrogen and oxygen atoms in total. The summed E-state index contributed by atoms with van der Waals surface area (Å²) in [5.41, 5.74) is 2.71. The van der Waals surface area contributed by atoms with Gasteiger partial charge in [0.05, 0.1) is 18.6 Å². The van der Waals surface area contributed by atoms with Gasteiger partial charge in [-0.15, -0.1) is 0 Å². The van der Waals surface area contributed by atoms with E-state index in [-0.39, 0.29) is 29.6 Å². The lowest BCUT2D eigenvalue weighted by atomic mass is 10.1. The number of carbonyl (C=O) groups excluding carboxylic acids is 1. The topological polar surface area (TPSA) is 96.9 Å². The van der Waals surface area contributed by atoms with Gasteiger partial charge in [0.1, 0.15) is 11.6 Å². The minimum absolute atomic E-state index is 0.134. The van der Waals surface area contributed by atoms with Gasteiger partial charge in [0, 0.05) is 18.5 Å². The number of hydrogen-bond donors (Lipinski definition) is 2. The standard InChI is InChI=1S/C20H23N3O4S/c1-14-7-8-17(27-2)15(13-14)9-11-21-19(24)10-12-22-20-16-5-3-4-6-18(16)28(25,26)23-20/h3-8,13H,9-12H2,1-2H3,(H,21,24)(H,22,23). The van der Waals surface area contributed by atoms with E-state index in [2.05, 4.69) is 15.0 Å². The monoisotopic (exact) mass is 401 g/mol. The van der Waals surface area contributed by atoms with Crippen LogP contribution in [0.5, 0.6) is 5.75 Å². The highest BCUT2D eigenvalue weighted by Crippen LogP contribution is 2.22. The van der Waals surface area contributed by atoms with Crippen molar-refractivity contribution in [1.82, 2.24) is 10.0 Å². The molecule has 1 aliphatic rings. The highest BCUT2D eigenvalue weighted by molar-refractivity contribution is 7.90. The molecule has 1 amide bonds. The van der Waals surface area contributed by atoms with Crippen LogP contribution in [0.15, 0.2) is 52.4 Å². The van der Waals surface area contributed by atoms with E-state index in [1.807, 2.05) is 25.1 Å². The highest BCUT2D eigenvalue weighted by Gasteiger charge is 2.29. The molecule has 148 valence electrons. The van der Waals surface area contributed by atoms with Crippen LogP contribution >= 0.6 is 0 Å². The Hall–Kier alpha value is -2.87. The van der Waals surface area contributed by atoms with Crippen molar-refractivity contribution in [2.45, 2.75) is 24.7 Å². The molecule has 2 aromatic rings. The van der Waals surface area contributed by atoms with Crippen LogP contribution in [-0.4, -0.2) is 40.4 Å². The maximum absolute atomic E-state index is 12.1. The van der Waals surface area contributed by atoms with E-state index in [1.54, 1.807) is 25.3 Å². The number of nitrogens with one attached hydrogen (secondary N) is 2. The van der Waals surface area contributed by atoms with Crippen molar-refractivity contribution in [2.75, 3.05) is 20.2 Å². The summed E-state index contributed by atoms with van der Waals surface area (Å²) in [6.07, 6.45) is 0.844. The second-order valence-electron chi connectivity index (χ2n) is 6.50. The smallest absolute Gasteiger partial charge is 0.263 e. The van der Waals surface area contributed by atoms with Crippen LogP contribution in [-0.2, 0) is 21.2 Å². The number of ether oxygens (including phenoxy) is 1. The molecule has 0 radical (unpaired) electrons. The minimum atomic E-state index is -3.55. The molecular weight excluding hydrogens is 378 g/mol. The Bertz CT molecular complexity index is 1020. The van der Waals surface area contributed by atoms with Crippen molar-refractivity contribution >= 4 is 21.8 Å². The first-order chi connectivity index (χ1) is 13.4. The zero-order chi connectivity index (χ0) is 20.1. The zero-order valence-corrected chi connectivity index (χ0v) is 16.7. The molecule has 0 fully saturated rings. The number of methoxy groups -OCH3 is 1. The zero-order valence-electron chi connectivity index (χ0n) is 15.9. The van der Waals surface area contributed by atoms with Crippen LogP contribution in [0, 0.1) is 6.92 Å². The molecule has 28 heavy (non-hydrogen) atoms. The quantitative estimate of drug-likeness (QED) is 0.739. The number of nitrogens with zero attached hydrogens (tertiary/aromatic N) is 1. The Balaban J connectivity index is 1.51. The third kappa shape index (κ3) is 4.51. The summed E-state index contributed by atoms with van der Waals surface area (Å²) >= 11 is 0. The van der Waals surface area contributed by atoms with Crippen molar-refractivity contribution in [2.24, 2.45) is 4.99 Å². The van der Waals surface area contributed by atoms with Crippen molar-refractivity contribution < 1.29 is 17.9 Å². The minimum Gasteiger partial charge on any atom is -0.496 e. The van der Waals surface area contributed by atoms with Gasteiger partial charge in [0.2, 0.25) is 5.91 Å². The van der Waals surface area contributed by atoms with E-state index < -0.39 is 10.0 Å². The average Bonchev–Trinajstić information content (AvgIpc) is 2.93. The first kappa shape index (κ1) is 19.9. The number of amides is 1. The fourth-order valence-electron chi connectivity index (χ4n) is 3.05. The van der Waals surface area contributed by atoms with E-state index in [1.165, 1.54) is 6.07 Å². The molecule has 1 aliphatic heterocycles. The average molecular weight is 401 g/mol. The predicted octanol–water partition coefficient (Wildman–Crippen LogP) is 1.79. The SMILES string of the molecule is COc1ccc(C)cc1CCNC(=O)CCN=C1NS(=O)(=O)c2ccccc21. The normalized spacial score (nSPS) is 15.7. The van der Waals surface area contributed by atoms with Crippen molar-refractivity contribution in [3.05, 3.63) is 59.2 Å². The third-order valence-electron chi connectivity index (χ3n) is 4.42. The Morgan fingerprint density at radius 1 is 1.21 bits per heavy atom. The second kappa shape index (κ2) is 8.43. The van der Waals surface area contributed by atoms with Gasteiger partial charge in [-0.3, -0.25) is 14.5 Å². The molecule has 0 atom stereocenters. The van der Waals surface area contributed by atoms with E-state index in [9.17, 15) is 13.2 Å². The van der Waals surface area contributed by atoms with Gasteiger partial charge in [-0.2, -0.15) is 0 Å². The number of aliphatic imine (C=N–C) groups is 1. The number of amidine groups is 1. The van der Waals surface area contributed by atoms with Crippen molar-refractivity contribution in [1.29, 1.82) is 0 Å². The second-order valence-corrected chi connectivity index (χ2v) is 8.15. The van der Waals surface area contributed by atoms with Crippen LogP contribution < -0.4 is 14.8 Å². The molecule has 2 aromatic carbocycles. The van der Waals surface area contributed by atoms with Gasteiger partial charge in [0.15, 0.2) is 0 Å². The third-order valence-corrected chi connectivity index (χ3v) is 5.82. The number of carbonyl (C=O) groups is 1. The summed E-state index contributed by atoms with van der Waals surface area (Å²) in [6, 6.07) is 12.6. The van der Waals surface area contributed by atoms with Gasteiger partial charge >= 0.3 is 0 Å². The number of sulfonamides is 1. The molecule has 0 bridgehead atoms. The molecule has 8 heteroatoms. The number of hydrogen-bond acceptors (Lipinski definition) is 5. The molecular formula is C20H23N3O4S. The summed E-state index contributed by atoms with van der Waals surface area (Å²) in [4.78, 5) is 16.5. The lowest BCUT2D eigenvalue weighted by molar-refractivity contribution is -0.120. The Labute approximate surface area is 164 Å². The number of fused-ring (bicyclic) bond motifs is 1. The fourth-order valence-corrected chi connectivity index (χ4v) is 4.30. The largest absolute Gasteiger partial charge is 0.496 e. The van der Waals surface area contributed by atoms with Gasteiger partial charge in [-0.1, -0.05) is 29.8 Å². The lowest BCUT2D eigenvalue weighted by Gasteiger charge is -2.10. The van der Waals surface area contributed by atoms with E-state index in [0.717, 1.165) is 16.9 Å². The summed E-state index contributed by atoms with van der Waals surface area (Å²) in [5, 5.41) is 2.86. The first-order valence-corrected chi connectivity index (χ1v) is 10.5. The van der Waals surface area contributed by atoms with Gasteiger partial charge in [-0.05, 0) is 37.1 Å². The number of rotatable bonds is 7. The van der Waals surface area contributed by atoms with Gasteiger partial charge < -0.3 is 10.1 Å². The molecule has 0 spiro atoms. The maximum Gasteiger partial charge on any atom is 0.263 e. The van der Waals surface area contributed by atoms with Crippen LogP contribution in [0.25, 0.3) is 0 Å². The van der Waals surface area contributed by atoms with Crippen LogP contribution in [0.1, 0.15) is 23.1 Å².